The molecular formula is C23H20N6O3. The molecule has 9 nitrogen and oxygen atoms in total. The fourth-order valence-corrected chi connectivity index (χ4v) is 3.84. The van der Waals surface area contributed by atoms with Gasteiger partial charge in [0.2, 0.25) is 5.95 Å². The molecule has 1 aliphatic rings. The van der Waals surface area contributed by atoms with Crippen LogP contribution < -0.4 is 16.0 Å². The first-order valence-corrected chi connectivity index (χ1v) is 10.2. The van der Waals surface area contributed by atoms with E-state index < -0.39 is 5.91 Å². The van der Waals surface area contributed by atoms with Gasteiger partial charge in [-0.15, -0.1) is 0 Å². The van der Waals surface area contributed by atoms with Crippen LogP contribution in [-0.4, -0.2) is 45.9 Å². The van der Waals surface area contributed by atoms with Gasteiger partial charge in [-0.3, -0.25) is 14.6 Å². The van der Waals surface area contributed by atoms with E-state index in [1.165, 1.54) is 12.4 Å². The van der Waals surface area contributed by atoms with Crippen molar-refractivity contribution in [3.05, 3.63) is 72.4 Å². The third kappa shape index (κ3) is 3.76. The molecule has 1 atom stereocenters. The Morgan fingerprint density at radius 1 is 1.03 bits per heavy atom. The second kappa shape index (κ2) is 8.10. The summed E-state index contributed by atoms with van der Waals surface area (Å²) in [5, 5.41) is 4.00. The lowest BCUT2D eigenvalue weighted by atomic mass is 10.1. The predicted octanol–water partition coefficient (Wildman–Crippen LogP) is 2.39. The van der Waals surface area contributed by atoms with Gasteiger partial charge in [-0.05, 0) is 30.7 Å². The highest BCUT2D eigenvalue weighted by molar-refractivity contribution is 5.96. The van der Waals surface area contributed by atoms with Gasteiger partial charge < -0.3 is 20.4 Å². The molecule has 32 heavy (non-hydrogen) atoms. The molecule has 4 aromatic rings. The van der Waals surface area contributed by atoms with Crippen LogP contribution in [0, 0.1) is 0 Å². The van der Waals surface area contributed by atoms with Crippen LogP contribution in [0.15, 0.2) is 65.7 Å². The summed E-state index contributed by atoms with van der Waals surface area (Å²) in [6, 6.07) is 11.0. The van der Waals surface area contributed by atoms with Crippen molar-refractivity contribution in [3.63, 3.8) is 0 Å². The van der Waals surface area contributed by atoms with Gasteiger partial charge in [0.1, 0.15) is 5.58 Å². The molecule has 3 aromatic heterocycles. The highest BCUT2D eigenvalue weighted by Gasteiger charge is 2.26. The van der Waals surface area contributed by atoms with E-state index in [1.54, 1.807) is 24.6 Å². The van der Waals surface area contributed by atoms with Crippen LogP contribution in [0.25, 0.3) is 22.2 Å². The van der Waals surface area contributed by atoms with Crippen molar-refractivity contribution >= 4 is 28.7 Å². The molecule has 3 N–H and O–H groups in total. The SMILES string of the molecule is NC(=O)c1cnc(N2CCC(NC(=O)c3ccc(-c4nccc5occc45)cc3)C2)nc1. The lowest BCUT2D eigenvalue weighted by Gasteiger charge is -2.17. The lowest BCUT2D eigenvalue weighted by molar-refractivity contribution is 0.0939. The summed E-state index contributed by atoms with van der Waals surface area (Å²) in [6.07, 6.45) is 6.95. The Balaban J connectivity index is 1.24. The summed E-state index contributed by atoms with van der Waals surface area (Å²) in [6.45, 7) is 1.30. The third-order valence-corrected chi connectivity index (χ3v) is 5.53. The molecule has 1 aromatic carbocycles. The van der Waals surface area contributed by atoms with Crippen LogP contribution in [0.5, 0.6) is 0 Å². The molecule has 0 radical (unpaired) electrons. The molecule has 0 aliphatic carbocycles. The molecule has 1 fully saturated rings. The van der Waals surface area contributed by atoms with E-state index in [0.29, 0.717) is 24.6 Å². The van der Waals surface area contributed by atoms with Crippen molar-refractivity contribution < 1.29 is 14.0 Å². The second-order valence-corrected chi connectivity index (χ2v) is 7.61. The van der Waals surface area contributed by atoms with Gasteiger partial charge in [0.05, 0.1) is 17.5 Å². The maximum absolute atomic E-state index is 12.7. The maximum atomic E-state index is 12.7. The van der Waals surface area contributed by atoms with E-state index in [9.17, 15) is 9.59 Å². The van der Waals surface area contributed by atoms with Crippen LogP contribution in [0.1, 0.15) is 27.1 Å². The average molecular weight is 428 g/mol. The molecule has 0 spiro atoms. The highest BCUT2D eigenvalue weighted by atomic mass is 16.3. The number of nitrogens with one attached hydrogen (secondary N) is 1. The molecule has 9 heteroatoms. The smallest absolute Gasteiger partial charge is 0.251 e. The Morgan fingerprint density at radius 2 is 1.81 bits per heavy atom. The van der Waals surface area contributed by atoms with E-state index in [4.69, 9.17) is 10.2 Å². The van der Waals surface area contributed by atoms with E-state index in [1.807, 2.05) is 29.2 Å². The number of pyridine rings is 1. The van der Waals surface area contributed by atoms with Crippen molar-refractivity contribution in [2.75, 3.05) is 18.0 Å². The number of carbonyl (C=O) groups excluding carboxylic acids is 2. The number of anilines is 1. The number of amides is 2. The van der Waals surface area contributed by atoms with Gasteiger partial charge in [0, 0.05) is 54.2 Å². The van der Waals surface area contributed by atoms with Crippen LogP contribution in [-0.2, 0) is 0 Å². The predicted molar refractivity (Wildman–Crippen MR) is 118 cm³/mol. The van der Waals surface area contributed by atoms with Gasteiger partial charge in [0.15, 0.2) is 0 Å². The Bertz CT molecular complexity index is 1280. The number of benzene rings is 1. The van der Waals surface area contributed by atoms with Crippen LogP contribution in [0.4, 0.5) is 5.95 Å². The summed E-state index contributed by atoms with van der Waals surface area (Å²) < 4.78 is 5.44. The molecule has 2 amide bonds. The van der Waals surface area contributed by atoms with Crippen molar-refractivity contribution in [3.8, 4) is 11.3 Å². The van der Waals surface area contributed by atoms with Gasteiger partial charge in [-0.2, -0.15) is 0 Å². The number of nitrogens with zero attached hydrogens (tertiary/aromatic N) is 4. The molecule has 1 saturated heterocycles. The van der Waals surface area contributed by atoms with Gasteiger partial charge in [0.25, 0.3) is 11.8 Å². The maximum Gasteiger partial charge on any atom is 0.251 e. The number of hydrogen-bond acceptors (Lipinski definition) is 7. The Morgan fingerprint density at radius 3 is 2.56 bits per heavy atom. The lowest BCUT2D eigenvalue weighted by Crippen LogP contribution is -2.37. The highest BCUT2D eigenvalue weighted by Crippen LogP contribution is 2.27. The largest absolute Gasteiger partial charge is 0.464 e. The number of aromatic nitrogens is 3. The van der Waals surface area contributed by atoms with Gasteiger partial charge >= 0.3 is 0 Å². The summed E-state index contributed by atoms with van der Waals surface area (Å²) in [4.78, 5) is 38.7. The first-order valence-electron chi connectivity index (χ1n) is 10.2. The first-order chi connectivity index (χ1) is 15.6. The zero-order valence-electron chi connectivity index (χ0n) is 17.1. The molecule has 1 unspecified atom stereocenters. The van der Waals surface area contributed by atoms with Crippen molar-refractivity contribution in [2.24, 2.45) is 5.73 Å². The number of furan rings is 1. The topological polar surface area (TPSA) is 127 Å². The number of hydrogen-bond donors (Lipinski definition) is 2. The van der Waals surface area contributed by atoms with Gasteiger partial charge in [-0.1, -0.05) is 12.1 Å². The fraction of sp³-hybridized carbons (Fsp3) is 0.174. The monoisotopic (exact) mass is 428 g/mol. The summed E-state index contributed by atoms with van der Waals surface area (Å²) in [5.41, 5.74) is 8.57. The molecular weight excluding hydrogens is 408 g/mol. The normalized spacial score (nSPS) is 15.8. The minimum Gasteiger partial charge on any atom is -0.464 e. The van der Waals surface area contributed by atoms with Crippen molar-refractivity contribution in [1.29, 1.82) is 0 Å². The van der Waals surface area contributed by atoms with Crippen molar-refractivity contribution in [2.45, 2.75) is 12.5 Å². The van der Waals surface area contributed by atoms with E-state index in [2.05, 4.69) is 20.3 Å². The zero-order valence-corrected chi connectivity index (χ0v) is 17.1. The molecule has 5 rings (SSSR count). The Labute approximate surface area is 183 Å². The summed E-state index contributed by atoms with van der Waals surface area (Å²) >= 11 is 0. The first kappa shape index (κ1) is 19.7. The molecule has 4 heterocycles. The molecule has 160 valence electrons. The van der Waals surface area contributed by atoms with E-state index in [-0.39, 0.29) is 17.5 Å². The standard InChI is InChI=1S/C23H20N6O3/c24-21(30)16-11-26-23(27-12-16)29-9-6-17(13-29)28-22(31)15-3-1-14(2-4-15)20-18-7-10-32-19(18)5-8-25-20/h1-5,7-8,10-12,17H,6,9,13H2,(H2,24,30)(H,28,31). The van der Waals surface area contributed by atoms with Crippen LogP contribution >= 0.6 is 0 Å². The number of fused-ring (bicyclic) bond motifs is 1. The fourth-order valence-electron chi connectivity index (χ4n) is 3.84. The summed E-state index contributed by atoms with van der Waals surface area (Å²) in [7, 11) is 0. The van der Waals surface area contributed by atoms with E-state index >= 15 is 0 Å². The molecule has 1 aliphatic heterocycles. The number of nitrogens with two attached hydrogens (primary N) is 1. The van der Waals surface area contributed by atoms with Gasteiger partial charge in [-0.25, -0.2) is 9.97 Å². The van der Waals surface area contributed by atoms with Crippen LogP contribution in [0.2, 0.25) is 0 Å². The molecule has 0 bridgehead atoms. The van der Waals surface area contributed by atoms with Crippen LogP contribution in [0.3, 0.4) is 0 Å². The number of carbonyl (C=O) groups is 2. The number of primary amides is 1. The quantitative estimate of drug-likeness (QED) is 0.500. The Kier molecular flexibility index (Phi) is 4.98. The Hall–Kier alpha value is -4.27. The second-order valence-electron chi connectivity index (χ2n) is 7.61. The van der Waals surface area contributed by atoms with E-state index in [0.717, 1.165) is 28.6 Å². The minimum atomic E-state index is -0.564. The minimum absolute atomic E-state index is 0.0251. The zero-order chi connectivity index (χ0) is 22.1. The summed E-state index contributed by atoms with van der Waals surface area (Å²) in [5.74, 6) is -0.189. The third-order valence-electron chi connectivity index (χ3n) is 5.53. The number of rotatable bonds is 5. The average Bonchev–Trinajstić information content (AvgIpc) is 3.49. The van der Waals surface area contributed by atoms with Crippen molar-refractivity contribution in [1.82, 2.24) is 20.3 Å². The molecule has 0 saturated carbocycles.